The number of Topliss-reactive ketones (excluding diaryl/α,β-unsaturated/α-hetero) is 3. The molecule has 5 heterocycles. The van der Waals surface area contributed by atoms with Crippen LogP contribution in [-0.2, 0) is 47.9 Å². The number of rotatable bonds is 30. The fourth-order valence-corrected chi connectivity index (χ4v) is 17.4. The van der Waals surface area contributed by atoms with Crippen molar-refractivity contribution < 1.29 is 77.3 Å². The molecule has 6 aromatic carbocycles. The molecule has 6 atom stereocenters. The smallest absolute Gasteiger partial charge is 0.410 e. The van der Waals surface area contributed by atoms with Crippen molar-refractivity contribution in [2.24, 2.45) is 35.5 Å². The Bertz CT molecular complexity index is 4070. The number of carbonyl (C=O) groups is 7. The lowest BCUT2D eigenvalue weighted by molar-refractivity contribution is -0.152. The first kappa shape index (κ1) is 86.7. The van der Waals surface area contributed by atoms with Crippen molar-refractivity contribution >= 4 is 76.6 Å². The molecule has 6 aromatic rings. The summed E-state index contributed by atoms with van der Waals surface area (Å²) in [5.41, 5.74) is 7.28. The van der Waals surface area contributed by atoms with Gasteiger partial charge in [-0.3, -0.25) is 24.2 Å². The third kappa shape index (κ3) is 21.8. The first-order valence-corrected chi connectivity index (χ1v) is 43.0. The zero-order valence-electron chi connectivity index (χ0n) is 67.9. The van der Waals surface area contributed by atoms with Crippen LogP contribution in [0.15, 0.2) is 124 Å². The number of hydrogen-bond acceptors (Lipinski definition) is 18. The molecule has 0 unspecified atom stereocenters. The van der Waals surface area contributed by atoms with E-state index in [4.69, 9.17) is 28.4 Å². The molecular formula is C90H115N3O16S3. The van der Waals surface area contributed by atoms with Crippen LogP contribution in [0.3, 0.4) is 0 Å². The molecule has 112 heavy (non-hydrogen) atoms. The third-order valence-corrected chi connectivity index (χ3v) is 25.4. The molecule has 6 fully saturated rings. The predicted octanol–water partition coefficient (Wildman–Crippen LogP) is 16.8. The van der Waals surface area contributed by atoms with Crippen LogP contribution in [0.25, 0.3) is 0 Å². The second-order valence-corrected chi connectivity index (χ2v) is 35.5. The van der Waals surface area contributed by atoms with Gasteiger partial charge in [-0.15, -0.1) is 35.3 Å². The molecule has 0 aromatic heterocycles. The monoisotopic (exact) mass is 1590 g/mol. The van der Waals surface area contributed by atoms with Crippen LogP contribution in [-0.4, -0.2) is 191 Å². The summed E-state index contributed by atoms with van der Waals surface area (Å²) in [6.45, 7) is 28.3. The van der Waals surface area contributed by atoms with Crippen molar-refractivity contribution in [3.63, 3.8) is 0 Å². The van der Waals surface area contributed by atoms with E-state index in [0.717, 1.165) is 182 Å². The van der Waals surface area contributed by atoms with E-state index >= 15 is 0 Å². The normalized spacial score (nSPS) is 20.4. The lowest BCUT2D eigenvalue weighted by Gasteiger charge is -2.34. The summed E-state index contributed by atoms with van der Waals surface area (Å²) in [5, 5.41) is 28.4. The summed E-state index contributed by atoms with van der Waals surface area (Å²) in [6.07, 6.45) is 14.8. The van der Waals surface area contributed by atoms with Crippen LogP contribution in [0.1, 0.15) is 168 Å². The van der Waals surface area contributed by atoms with Crippen LogP contribution in [0.4, 0.5) is 4.79 Å². The number of likely N-dealkylation sites (tertiary alicyclic amines) is 3. The van der Waals surface area contributed by atoms with Crippen molar-refractivity contribution in [3.8, 4) is 17.2 Å². The number of amides is 1. The average molecular weight is 1590 g/mol. The van der Waals surface area contributed by atoms with Gasteiger partial charge in [-0.2, -0.15) is 0 Å². The van der Waals surface area contributed by atoms with Crippen LogP contribution >= 0.6 is 35.3 Å². The predicted molar refractivity (Wildman–Crippen MR) is 441 cm³/mol. The Morgan fingerprint density at radius 3 is 0.946 bits per heavy atom. The van der Waals surface area contributed by atoms with E-state index in [0.29, 0.717) is 48.0 Å². The van der Waals surface area contributed by atoms with Gasteiger partial charge in [-0.25, -0.2) is 19.2 Å². The van der Waals surface area contributed by atoms with Crippen molar-refractivity contribution in [1.82, 2.24) is 14.7 Å². The molecule has 1 aliphatic carbocycles. The molecule has 5 aliphatic heterocycles. The maximum atomic E-state index is 13.7. The molecule has 1 amide bonds. The Morgan fingerprint density at radius 2 is 0.688 bits per heavy atom. The van der Waals surface area contributed by atoms with Gasteiger partial charge < -0.3 is 48.6 Å². The van der Waals surface area contributed by atoms with E-state index < -0.39 is 34.7 Å². The van der Waals surface area contributed by atoms with Gasteiger partial charge in [0.15, 0.2) is 34.2 Å². The minimum absolute atomic E-state index is 0.00587. The molecule has 0 bridgehead atoms. The molecule has 604 valence electrons. The number of nitrogens with zero attached hydrogens (tertiary/aromatic N) is 3. The summed E-state index contributed by atoms with van der Waals surface area (Å²) >= 11 is 4.99. The first-order valence-electron chi connectivity index (χ1n) is 39.4. The van der Waals surface area contributed by atoms with E-state index in [1.807, 2.05) is 145 Å². The zero-order valence-corrected chi connectivity index (χ0v) is 70.4. The van der Waals surface area contributed by atoms with Gasteiger partial charge in [0, 0.05) is 88.4 Å². The highest BCUT2D eigenvalue weighted by molar-refractivity contribution is 7.99. The Kier molecular flexibility index (Phi) is 29.5. The summed E-state index contributed by atoms with van der Waals surface area (Å²) in [5.74, 6) is -0.394. The molecule has 3 N–H and O–H groups in total. The van der Waals surface area contributed by atoms with E-state index in [2.05, 4.69) is 34.1 Å². The Hall–Kier alpha value is -7.70. The third-order valence-electron chi connectivity index (χ3n) is 23.2. The summed E-state index contributed by atoms with van der Waals surface area (Å²) in [6, 6.07) is 36.9. The number of benzene rings is 6. The number of ether oxygens (including phenoxy) is 6. The lowest BCUT2D eigenvalue weighted by Crippen LogP contribution is -2.48. The highest BCUT2D eigenvalue weighted by Crippen LogP contribution is 2.40. The van der Waals surface area contributed by atoms with Crippen LogP contribution in [0, 0.1) is 77.0 Å². The molecule has 0 radical (unpaired) electrons. The van der Waals surface area contributed by atoms with E-state index in [1.165, 1.54) is 25.0 Å². The standard InChI is InChI=1S/C32H41NO6S.2C29H37NO5S/c1-20-16-22(17-21(2)29(20)39-32(3,4)30(35)36)10-11-24-18-33(31(37)38-25-8-6-7-9-25)19-27(24)28(34)23-12-14-26(40-5)15-13-23;2*1-18-12-20(13-19(2)27(18)35-29(3,4)28(32)33)6-7-22-14-30(23-16-34-17-23)15-25(22)26(31)21-8-10-24(36-5)11-9-21/h12-17,24-25,27H,6-11,18-19H2,1-5H3,(H,35,36);2*8-13,22-23,25H,6-7,14-17H2,1-5H3,(H,32,33)/t24-,27-;2*22-,25-/m010/s1. The molecule has 5 saturated heterocycles. The van der Waals surface area contributed by atoms with E-state index in [1.54, 1.807) is 67.9 Å². The van der Waals surface area contributed by atoms with Gasteiger partial charge in [0.2, 0.25) is 0 Å². The largest absolute Gasteiger partial charge is 0.478 e. The highest BCUT2D eigenvalue weighted by Gasteiger charge is 2.45. The van der Waals surface area contributed by atoms with Gasteiger partial charge in [-0.1, -0.05) is 72.8 Å². The number of aliphatic carboxylic acids is 3. The fraction of sp³-hybridized carbons (Fsp3) is 0.522. The number of carbonyl (C=O) groups excluding carboxylic acids is 4. The molecule has 12 rings (SSSR count). The average Bonchev–Trinajstić information content (AvgIpc) is 1.76. The van der Waals surface area contributed by atoms with Crippen molar-refractivity contribution in [2.75, 3.05) is 84.5 Å². The van der Waals surface area contributed by atoms with Crippen molar-refractivity contribution in [3.05, 3.63) is 176 Å². The number of thioether (sulfide) groups is 3. The van der Waals surface area contributed by atoms with Gasteiger partial charge >= 0.3 is 24.0 Å². The SMILES string of the molecule is CSc1ccc(C(=O)[C@@H]2CN(C3COC3)C[C@H]2CCc2cc(C)c(OC(C)(C)C(=O)O)c(C)c2)cc1.CSc1ccc(C(=O)[C@H]2CN(C(=O)OC3CCCC3)C[C@@H]2CCc2cc(C)c(OC(C)(C)C(=O)O)c(C)c2)cc1.CSc1ccc(C(=O)[C@H]2CN(C3COC3)C[C@@H]2CCc2cc(C)c(OC(C)(C)C(=O)O)c(C)c2)cc1. The topological polar surface area (TPSA) is 245 Å². The Morgan fingerprint density at radius 1 is 0.411 bits per heavy atom. The highest BCUT2D eigenvalue weighted by atomic mass is 32.2. The molecule has 19 nitrogen and oxygen atoms in total. The fourth-order valence-electron chi connectivity index (χ4n) is 16.2. The van der Waals surface area contributed by atoms with Gasteiger partial charge in [0.05, 0.1) is 38.5 Å². The lowest BCUT2D eigenvalue weighted by atomic mass is 9.84. The second kappa shape index (κ2) is 38.2. The Labute approximate surface area is 674 Å². The van der Waals surface area contributed by atoms with Gasteiger partial charge in [-0.05, 0) is 270 Å². The number of carboxylic acids is 3. The van der Waals surface area contributed by atoms with Crippen LogP contribution < -0.4 is 14.2 Å². The van der Waals surface area contributed by atoms with Crippen molar-refractivity contribution in [1.29, 1.82) is 0 Å². The second-order valence-electron chi connectivity index (χ2n) is 32.9. The van der Waals surface area contributed by atoms with Crippen LogP contribution in [0.2, 0.25) is 0 Å². The summed E-state index contributed by atoms with van der Waals surface area (Å²) in [4.78, 5) is 98.4. The number of ketones is 3. The zero-order chi connectivity index (χ0) is 81.1. The van der Waals surface area contributed by atoms with Gasteiger partial charge in [0.25, 0.3) is 0 Å². The summed E-state index contributed by atoms with van der Waals surface area (Å²) < 4.78 is 34.2. The Balaban J connectivity index is 0.000000179. The van der Waals surface area contributed by atoms with E-state index in [9.17, 15) is 48.9 Å². The number of aryl methyl sites for hydroxylation is 9. The van der Waals surface area contributed by atoms with Crippen molar-refractivity contribution in [2.45, 2.75) is 197 Å². The minimum atomic E-state index is -1.33. The molecule has 22 heteroatoms. The number of hydrogen-bond donors (Lipinski definition) is 3. The summed E-state index contributed by atoms with van der Waals surface area (Å²) in [7, 11) is 0. The quantitative estimate of drug-likeness (QED) is 0.0280. The van der Waals surface area contributed by atoms with Crippen LogP contribution in [0.5, 0.6) is 17.2 Å². The minimum Gasteiger partial charge on any atom is -0.478 e. The first-order chi connectivity index (χ1) is 53.1. The molecular weight excluding hydrogens is 1480 g/mol. The van der Waals surface area contributed by atoms with Gasteiger partial charge in [0.1, 0.15) is 23.4 Å². The maximum absolute atomic E-state index is 13.7. The van der Waals surface area contributed by atoms with E-state index in [-0.39, 0.29) is 65.1 Å². The number of carboxylic acid groups (broad SMARTS) is 3. The molecule has 0 spiro atoms. The maximum Gasteiger partial charge on any atom is 0.410 e. The molecule has 6 aliphatic rings. The molecule has 1 saturated carbocycles.